The standard InChI is InChI=1S/C64H43N3O/c1-4-16-44(17-5-1)45-28-32-50(33-29-45)66(51-37-41-64-59(42-51)58-25-13-15-27-63(58)68-64)61-40-39-53(54-22-10-11-23-55(54)61)46-30-34-49(35-31-46)65(47-18-6-2-7-19-47)52-36-38-57-56-24-12-14-26-60(56)67(62(57)43-52)48-20-8-3-9-21-48/h1-43H. The van der Waals surface area contributed by atoms with E-state index in [2.05, 4.69) is 263 Å². The predicted octanol–water partition coefficient (Wildman–Crippen LogP) is 18.1. The molecule has 4 heteroatoms. The second-order valence-electron chi connectivity index (χ2n) is 17.3. The highest BCUT2D eigenvalue weighted by Gasteiger charge is 2.21. The molecule has 0 aliphatic heterocycles. The van der Waals surface area contributed by atoms with Crippen molar-refractivity contribution < 1.29 is 4.42 Å². The second-order valence-corrected chi connectivity index (χ2v) is 17.3. The maximum Gasteiger partial charge on any atom is 0.135 e. The van der Waals surface area contributed by atoms with Crippen LogP contribution in [0.15, 0.2) is 265 Å². The van der Waals surface area contributed by atoms with Crippen molar-refractivity contribution >= 4 is 88.6 Å². The number of aromatic nitrogens is 1. The first-order valence-electron chi connectivity index (χ1n) is 23.2. The van der Waals surface area contributed by atoms with E-state index in [1.165, 1.54) is 43.9 Å². The summed E-state index contributed by atoms with van der Waals surface area (Å²) in [4.78, 5) is 4.75. The zero-order valence-corrected chi connectivity index (χ0v) is 37.1. The van der Waals surface area contributed by atoms with E-state index in [0.717, 1.165) is 72.7 Å². The lowest BCUT2D eigenvalue weighted by Gasteiger charge is -2.28. The van der Waals surface area contributed by atoms with Gasteiger partial charge in [0.15, 0.2) is 0 Å². The molecular formula is C64H43N3O. The van der Waals surface area contributed by atoms with E-state index in [9.17, 15) is 0 Å². The Hall–Kier alpha value is -9.12. The largest absolute Gasteiger partial charge is 0.456 e. The van der Waals surface area contributed by atoms with Crippen LogP contribution in [0.5, 0.6) is 0 Å². The van der Waals surface area contributed by atoms with Crippen molar-refractivity contribution in [2.45, 2.75) is 0 Å². The average Bonchev–Trinajstić information content (AvgIpc) is 3.95. The summed E-state index contributed by atoms with van der Waals surface area (Å²) in [5, 5.41) is 7.00. The predicted molar refractivity (Wildman–Crippen MR) is 286 cm³/mol. The number of rotatable bonds is 9. The van der Waals surface area contributed by atoms with Gasteiger partial charge in [0, 0.05) is 61.1 Å². The van der Waals surface area contributed by atoms with Gasteiger partial charge in [-0.1, -0.05) is 164 Å². The third-order valence-electron chi connectivity index (χ3n) is 13.4. The van der Waals surface area contributed by atoms with Gasteiger partial charge >= 0.3 is 0 Å². The van der Waals surface area contributed by atoms with Crippen LogP contribution in [0, 0.1) is 0 Å². The number of para-hydroxylation sites is 4. The Morgan fingerprint density at radius 1 is 0.279 bits per heavy atom. The van der Waals surface area contributed by atoms with Crippen LogP contribution in [0.4, 0.5) is 34.1 Å². The summed E-state index contributed by atoms with van der Waals surface area (Å²) in [7, 11) is 0. The van der Waals surface area contributed by atoms with E-state index in [-0.39, 0.29) is 0 Å². The minimum Gasteiger partial charge on any atom is -0.456 e. The number of fused-ring (bicyclic) bond motifs is 7. The van der Waals surface area contributed by atoms with Crippen LogP contribution in [0.25, 0.3) is 82.5 Å². The fourth-order valence-electron chi connectivity index (χ4n) is 10.2. The number of hydrogen-bond acceptors (Lipinski definition) is 3. The van der Waals surface area contributed by atoms with Crippen LogP contribution in [0.1, 0.15) is 0 Å². The zero-order valence-electron chi connectivity index (χ0n) is 37.1. The minimum atomic E-state index is 0.875. The average molecular weight is 870 g/mol. The molecule has 0 fully saturated rings. The van der Waals surface area contributed by atoms with Crippen molar-refractivity contribution in [2.24, 2.45) is 0 Å². The van der Waals surface area contributed by atoms with E-state index < -0.39 is 0 Å². The quantitative estimate of drug-likeness (QED) is 0.144. The first kappa shape index (κ1) is 39.3. The lowest BCUT2D eigenvalue weighted by atomic mass is 9.95. The molecule has 0 saturated carbocycles. The highest BCUT2D eigenvalue weighted by molar-refractivity contribution is 6.11. The summed E-state index contributed by atoms with van der Waals surface area (Å²) >= 11 is 0. The molecule has 320 valence electrons. The Labute approximate surface area is 394 Å². The molecule has 2 aromatic heterocycles. The Bertz CT molecular complexity index is 3950. The molecule has 0 aliphatic rings. The van der Waals surface area contributed by atoms with Crippen LogP contribution < -0.4 is 9.80 Å². The van der Waals surface area contributed by atoms with Gasteiger partial charge in [0.05, 0.1) is 16.7 Å². The van der Waals surface area contributed by atoms with Gasteiger partial charge in [-0.25, -0.2) is 0 Å². The molecule has 0 atom stereocenters. The lowest BCUT2D eigenvalue weighted by Crippen LogP contribution is -2.10. The Kier molecular flexibility index (Phi) is 9.47. The highest BCUT2D eigenvalue weighted by atomic mass is 16.3. The SMILES string of the molecule is c1ccc(-c2ccc(N(c3ccc4oc5ccccc5c4c3)c3ccc(-c4ccc(N(c5ccccc5)c5ccc6c7ccccc7n(-c7ccccc7)c6c5)cc4)c4ccccc34)cc2)cc1. The van der Waals surface area contributed by atoms with Crippen molar-refractivity contribution in [1.82, 2.24) is 4.57 Å². The molecule has 68 heavy (non-hydrogen) atoms. The van der Waals surface area contributed by atoms with Crippen molar-refractivity contribution in [3.63, 3.8) is 0 Å². The lowest BCUT2D eigenvalue weighted by molar-refractivity contribution is 0.669. The van der Waals surface area contributed by atoms with Gasteiger partial charge in [0.1, 0.15) is 11.2 Å². The molecule has 0 radical (unpaired) electrons. The van der Waals surface area contributed by atoms with Gasteiger partial charge in [-0.2, -0.15) is 0 Å². The molecule has 0 aliphatic carbocycles. The summed E-state index contributed by atoms with van der Waals surface area (Å²) in [6.45, 7) is 0. The molecule has 0 spiro atoms. The molecular weight excluding hydrogens is 827 g/mol. The Balaban J connectivity index is 0.923. The maximum atomic E-state index is 6.30. The monoisotopic (exact) mass is 869 g/mol. The van der Waals surface area contributed by atoms with E-state index >= 15 is 0 Å². The van der Waals surface area contributed by atoms with Gasteiger partial charge in [-0.05, 0) is 125 Å². The summed E-state index contributed by atoms with van der Waals surface area (Å²) in [5.41, 5.74) is 16.4. The van der Waals surface area contributed by atoms with Gasteiger partial charge in [0.25, 0.3) is 0 Å². The van der Waals surface area contributed by atoms with Crippen LogP contribution >= 0.6 is 0 Å². The van der Waals surface area contributed by atoms with Crippen LogP contribution in [0.2, 0.25) is 0 Å². The molecule has 0 amide bonds. The van der Waals surface area contributed by atoms with E-state index in [0.29, 0.717) is 0 Å². The summed E-state index contributed by atoms with van der Waals surface area (Å²) in [5.74, 6) is 0. The van der Waals surface area contributed by atoms with Gasteiger partial charge in [-0.15, -0.1) is 0 Å². The minimum absolute atomic E-state index is 0.875. The van der Waals surface area contributed by atoms with Crippen LogP contribution in [-0.4, -0.2) is 4.57 Å². The molecule has 0 bridgehead atoms. The fraction of sp³-hybridized carbons (Fsp3) is 0. The smallest absolute Gasteiger partial charge is 0.135 e. The molecule has 13 aromatic rings. The van der Waals surface area contributed by atoms with Crippen LogP contribution in [-0.2, 0) is 0 Å². The second kappa shape index (κ2) is 16.4. The molecule has 13 rings (SSSR count). The third kappa shape index (κ3) is 6.69. The topological polar surface area (TPSA) is 24.6 Å². The number of anilines is 6. The van der Waals surface area contributed by atoms with Crippen molar-refractivity contribution in [3.8, 4) is 27.9 Å². The summed E-state index contributed by atoms with van der Waals surface area (Å²) in [6, 6.07) is 93.6. The van der Waals surface area contributed by atoms with Gasteiger partial charge < -0.3 is 18.8 Å². The number of hydrogen-bond donors (Lipinski definition) is 0. The van der Waals surface area contributed by atoms with E-state index in [1.54, 1.807) is 0 Å². The highest BCUT2D eigenvalue weighted by Crippen LogP contribution is 2.45. The molecule has 4 nitrogen and oxygen atoms in total. The number of nitrogens with zero attached hydrogens (tertiary/aromatic N) is 3. The number of benzene rings is 11. The van der Waals surface area contributed by atoms with Crippen molar-refractivity contribution in [3.05, 3.63) is 261 Å². The summed E-state index contributed by atoms with van der Waals surface area (Å²) in [6.07, 6.45) is 0. The van der Waals surface area contributed by atoms with E-state index in [4.69, 9.17) is 4.42 Å². The van der Waals surface area contributed by atoms with Crippen LogP contribution in [0.3, 0.4) is 0 Å². The molecule has 0 N–H and O–H groups in total. The summed E-state index contributed by atoms with van der Waals surface area (Å²) < 4.78 is 8.68. The van der Waals surface area contributed by atoms with E-state index in [1.807, 2.05) is 12.1 Å². The maximum absolute atomic E-state index is 6.30. The number of furan rings is 1. The van der Waals surface area contributed by atoms with Crippen molar-refractivity contribution in [2.75, 3.05) is 9.80 Å². The first-order chi connectivity index (χ1) is 33.7. The Morgan fingerprint density at radius 2 is 0.794 bits per heavy atom. The zero-order chi connectivity index (χ0) is 45.0. The fourth-order valence-corrected chi connectivity index (χ4v) is 10.2. The Morgan fingerprint density at radius 3 is 1.56 bits per heavy atom. The molecule has 0 saturated heterocycles. The van der Waals surface area contributed by atoms with Gasteiger partial charge in [-0.3, -0.25) is 0 Å². The third-order valence-corrected chi connectivity index (χ3v) is 13.4. The molecule has 0 unspecified atom stereocenters. The van der Waals surface area contributed by atoms with Gasteiger partial charge in [0.2, 0.25) is 0 Å². The van der Waals surface area contributed by atoms with Crippen molar-refractivity contribution in [1.29, 1.82) is 0 Å². The molecule has 11 aromatic carbocycles. The molecule has 2 heterocycles. The first-order valence-corrected chi connectivity index (χ1v) is 23.2. The normalized spacial score (nSPS) is 11.5.